The number of hydrogen-bond acceptors (Lipinski definition) is 14. The van der Waals surface area contributed by atoms with Crippen molar-refractivity contribution in [3.05, 3.63) is 88.7 Å². The summed E-state index contributed by atoms with van der Waals surface area (Å²) in [6.45, 7) is 14.1. The number of aryl methyl sites for hydroxylation is 1. The maximum Gasteiger partial charge on any atom is 0.373 e. The summed E-state index contributed by atoms with van der Waals surface area (Å²) in [5, 5.41) is 30.6. The summed E-state index contributed by atoms with van der Waals surface area (Å²) in [5.41, 5.74) is 3.78. The molecule has 10 atom stereocenters. The van der Waals surface area contributed by atoms with Crippen LogP contribution < -0.4 is 10.2 Å². The lowest BCUT2D eigenvalue weighted by molar-refractivity contribution is -0.214. The van der Waals surface area contributed by atoms with Crippen LogP contribution in [0.3, 0.4) is 0 Å². The summed E-state index contributed by atoms with van der Waals surface area (Å²) in [4.78, 5) is 80.9. The number of aliphatic hydroxyl groups is 2. The van der Waals surface area contributed by atoms with Crippen molar-refractivity contribution in [3.8, 4) is 0 Å². The van der Waals surface area contributed by atoms with E-state index in [4.69, 9.17) is 23.5 Å². The molecule has 4 N–H and O–H groups in total. The van der Waals surface area contributed by atoms with Gasteiger partial charge < -0.3 is 39.3 Å². The highest BCUT2D eigenvalue weighted by atomic mass is 28.4. The topological polar surface area (TPSA) is 211 Å². The Morgan fingerprint density at radius 3 is 2.42 bits per heavy atom. The number of para-hydroxylation sites is 1. The molecule has 2 aromatic carbocycles. The maximum absolute atomic E-state index is 15.3. The number of aromatic nitrogens is 1. The number of carbonyl (C=O) groups excluding carboxylic acids is 6. The van der Waals surface area contributed by atoms with Gasteiger partial charge in [0.1, 0.15) is 0 Å². The molecule has 11 rings (SSSR count). The third-order valence-electron chi connectivity index (χ3n) is 20.5. The summed E-state index contributed by atoms with van der Waals surface area (Å²) in [7, 11) is 0.835. The number of nitrogens with one attached hydrogen (secondary N) is 2. The summed E-state index contributed by atoms with van der Waals surface area (Å²) in [6, 6.07) is 15.6. The van der Waals surface area contributed by atoms with Gasteiger partial charge in [0.05, 0.1) is 44.6 Å². The van der Waals surface area contributed by atoms with Gasteiger partial charge in [0, 0.05) is 103 Å². The summed E-state index contributed by atoms with van der Waals surface area (Å²) in [6.07, 6.45) is 16.1. The highest BCUT2D eigenvalue weighted by Crippen LogP contribution is 2.68. The quantitative estimate of drug-likeness (QED) is 0.0381. The number of ether oxygens (including phenoxy) is 2. The van der Waals surface area contributed by atoms with Crippen molar-refractivity contribution >= 4 is 54.8 Å². The molecule has 17 nitrogen and oxygen atoms in total. The minimum absolute atomic E-state index is 0.0578. The molecule has 2 bridgehead atoms. The number of rotatable bonds is 17. The van der Waals surface area contributed by atoms with E-state index in [-0.39, 0.29) is 55.6 Å². The molecule has 7 aliphatic heterocycles. The molecule has 2 unspecified atom stereocenters. The summed E-state index contributed by atoms with van der Waals surface area (Å²) in [5.74, 6) is -1.12. The monoisotopic (exact) mass is 1120 g/mol. The van der Waals surface area contributed by atoms with Crippen LogP contribution in [0.25, 0.3) is 10.9 Å². The average molecular weight is 1120 g/mol. The van der Waals surface area contributed by atoms with E-state index in [0.29, 0.717) is 32.4 Å². The van der Waals surface area contributed by atoms with Gasteiger partial charge >= 0.3 is 12.1 Å². The van der Waals surface area contributed by atoms with Gasteiger partial charge in [0.2, 0.25) is 11.5 Å². The molecule has 1 spiro atoms. The lowest BCUT2D eigenvalue weighted by atomic mass is 9.47. The Morgan fingerprint density at radius 1 is 0.950 bits per heavy atom. The van der Waals surface area contributed by atoms with Crippen LogP contribution in [0.1, 0.15) is 119 Å². The minimum Gasteiger partial charge on any atom is -0.467 e. The Morgan fingerprint density at radius 2 is 1.70 bits per heavy atom. The van der Waals surface area contributed by atoms with Crippen LogP contribution in [0, 0.1) is 18.3 Å². The molecule has 1 aliphatic carbocycles. The van der Waals surface area contributed by atoms with Gasteiger partial charge in [-0.2, -0.15) is 9.59 Å². The van der Waals surface area contributed by atoms with Crippen molar-refractivity contribution < 1.29 is 52.9 Å². The highest BCUT2D eigenvalue weighted by Gasteiger charge is 2.80. The Hall–Kier alpha value is -5.30. The number of benzene rings is 2. The van der Waals surface area contributed by atoms with E-state index in [1.54, 1.807) is 0 Å². The molecular formula is C62H84N6O11Si. The first kappa shape index (κ1) is 57.9. The molecular weight excluding hydrogens is 1030 g/mol. The molecule has 80 heavy (non-hydrogen) atoms. The number of H-pyrrole nitrogens is 1. The zero-order chi connectivity index (χ0) is 56.8. The second-order valence-corrected chi connectivity index (χ2v) is 29.0. The number of carbonyl (C=O) groups is 4. The van der Waals surface area contributed by atoms with Crippen molar-refractivity contribution in [1.29, 1.82) is 0 Å². The smallest absolute Gasteiger partial charge is 0.373 e. The molecule has 432 valence electrons. The third-order valence-corrected chi connectivity index (χ3v) is 25.0. The summed E-state index contributed by atoms with van der Waals surface area (Å²) >= 11 is 0. The molecule has 8 aliphatic rings. The fourth-order valence-electron chi connectivity index (χ4n) is 17.2. The van der Waals surface area contributed by atoms with E-state index >= 15 is 4.79 Å². The van der Waals surface area contributed by atoms with Crippen LogP contribution in [0.2, 0.25) is 18.1 Å². The molecule has 4 fully saturated rings. The second kappa shape index (κ2) is 22.8. The number of hydrogen-bond donors (Lipinski definition) is 4. The van der Waals surface area contributed by atoms with E-state index in [1.807, 2.05) is 0 Å². The number of likely N-dealkylation sites (N-methyl/N-ethyl adjacent to an activating group) is 1. The number of piperidine rings is 1. The van der Waals surface area contributed by atoms with Crippen molar-refractivity contribution in [2.24, 2.45) is 11.3 Å². The Balaban J connectivity index is 0.00000235. The number of esters is 1. The molecule has 0 radical (unpaired) electrons. The van der Waals surface area contributed by atoms with E-state index in [2.05, 4.69) is 108 Å². The zero-order valence-electron chi connectivity index (χ0n) is 47.9. The van der Waals surface area contributed by atoms with Crippen LogP contribution >= 0.6 is 0 Å². The number of aromatic amines is 1. The Bertz CT molecular complexity index is 2930. The molecule has 1 aromatic heterocycles. The van der Waals surface area contributed by atoms with Crippen molar-refractivity contribution in [1.82, 2.24) is 25.0 Å². The minimum atomic E-state index is -2.67. The first-order chi connectivity index (χ1) is 38.4. The molecule has 3 aromatic rings. The molecule has 3 amide bonds. The predicted molar refractivity (Wildman–Crippen MR) is 304 cm³/mol. The second-order valence-electron chi connectivity index (χ2n) is 24.9. The third kappa shape index (κ3) is 9.76. The van der Waals surface area contributed by atoms with Gasteiger partial charge in [0.25, 0.3) is 11.8 Å². The highest BCUT2D eigenvalue weighted by molar-refractivity contribution is 6.74. The maximum atomic E-state index is 15.3. The van der Waals surface area contributed by atoms with E-state index < -0.39 is 53.9 Å². The van der Waals surface area contributed by atoms with Crippen molar-refractivity contribution in [2.75, 3.05) is 78.1 Å². The van der Waals surface area contributed by atoms with Crippen molar-refractivity contribution in [3.63, 3.8) is 0 Å². The number of unbranched alkanes of at least 4 members (excludes halogenated alkanes) is 1. The normalized spacial score (nSPS) is 32.9. The first-order valence-electron chi connectivity index (χ1n) is 29.6. The van der Waals surface area contributed by atoms with Crippen LogP contribution in [0.15, 0.2) is 60.7 Å². The molecule has 8 heterocycles. The lowest BCUT2D eigenvalue weighted by Crippen LogP contribution is -2.82. The Labute approximate surface area is 471 Å². The number of fused-ring (bicyclic) bond motifs is 6. The zero-order valence-corrected chi connectivity index (χ0v) is 48.9. The predicted octanol–water partition coefficient (Wildman–Crippen LogP) is 6.37. The summed E-state index contributed by atoms with van der Waals surface area (Å²) < 4.78 is 19.5. The van der Waals surface area contributed by atoms with Crippen LogP contribution in [0.4, 0.5) is 5.69 Å². The number of nitrogens with zero attached hydrogens (tertiary/aromatic N) is 4. The van der Waals surface area contributed by atoms with Crippen LogP contribution in [-0.4, -0.2) is 171 Å². The molecule has 3 saturated heterocycles. The number of imide groups is 1. The van der Waals surface area contributed by atoms with Gasteiger partial charge in [0.15, 0.2) is 8.32 Å². The van der Waals surface area contributed by atoms with Crippen LogP contribution in [-0.2, 0) is 59.9 Å². The van der Waals surface area contributed by atoms with E-state index in [1.165, 1.54) is 52.6 Å². The van der Waals surface area contributed by atoms with Crippen molar-refractivity contribution in [2.45, 2.75) is 163 Å². The van der Waals surface area contributed by atoms with E-state index in [9.17, 15) is 24.6 Å². The SMILES string of the molecule is CC[C@]1(O)CC2CN(CCc3c([nH]c4ccccc34)[C@@](C)(c3cc4c(cc3C)N(C)[C@H]3[C@@](O)(C(=O)OC)[C@H](O[Si]5(CCCCC(=O)NCCOCCN6C(=O)C=CC6=O)CCCCC5)[C@]5(CC)C=CCN6CC[C@]43[C@@H]65)C2)C1.O=C=O. The van der Waals surface area contributed by atoms with Gasteiger partial charge in [-0.3, -0.25) is 29.1 Å². The average Bonchev–Trinajstić information content (AvgIpc) is 4.34. The fraction of sp³-hybridized carbons (Fsp3) is 0.629. The molecule has 1 saturated carbocycles. The van der Waals surface area contributed by atoms with Gasteiger partial charge in [-0.25, -0.2) is 4.79 Å². The lowest BCUT2D eigenvalue weighted by Gasteiger charge is -2.65. The van der Waals surface area contributed by atoms with Crippen LogP contribution in [0.5, 0.6) is 0 Å². The number of amides is 3. The van der Waals surface area contributed by atoms with Gasteiger partial charge in [-0.1, -0.05) is 75.9 Å². The van der Waals surface area contributed by atoms with Gasteiger partial charge in [-0.05, 0) is 124 Å². The van der Waals surface area contributed by atoms with E-state index in [0.717, 1.165) is 118 Å². The van der Waals surface area contributed by atoms with Gasteiger partial charge in [-0.15, -0.1) is 0 Å². The number of methoxy groups -OCH3 is 1. The first-order valence-corrected chi connectivity index (χ1v) is 32.1. The standard InChI is InChI=1S/C61H84N6O9Si.CO2/c1-7-58(72)38-42-37-57(4,52-44(22-27-65(39-42)40-58)43-17-10-11-18-47(43)63-52)45-36-46-48(35-41(45)3)64(5)54-60(46)24-28-66-26-16-23-59(8-2,53(60)66)55(61(54,73)56(71)74-6)76-77(32-13-9-14-33-77)34-15-12-19-49(68)62-25-30-75-31-29-67-50(69)20-21-51(67)70;2-1-3/h10-11,16-18,20-21,23,35-36,42,53-55,63,72-73H,7-9,12-15,19,22,24-34,37-40H2,1-6H3,(H,62,68);/t42?,53-,54+,55+,57+,58-,59+,60+,61-;/m0./s1. The molecule has 18 heteroatoms. The Kier molecular flexibility index (Phi) is 16.5. The largest absolute Gasteiger partial charge is 0.467 e. The fourth-order valence-corrected chi connectivity index (χ4v) is 21.9. The number of anilines is 1.